The molecule has 0 bridgehead atoms. The van der Waals surface area contributed by atoms with Crippen molar-refractivity contribution in [2.45, 2.75) is 25.6 Å². The van der Waals surface area contributed by atoms with Crippen LogP contribution in [0.3, 0.4) is 0 Å². The van der Waals surface area contributed by atoms with Gasteiger partial charge in [-0.05, 0) is 25.1 Å². The van der Waals surface area contributed by atoms with Crippen LogP contribution in [0.25, 0.3) is 0 Å². The topological polar surface area (TPSA) is 12.0 Å². The minimum Gasteiger partial charge on any atom is -0.302 e. The van der Waals surface area contributed by atoms with Gasteiger partial charge in [0.1, 0.15) is 6.04 Å². The first-order valence-corrected chi connectivity index (χ1v) is 5.70. The van der Waals surface area contributed by atoms with Crippen molar-refractivity contribution in [3.63, 3.8) is 0 Å². The van der Waals surface area contributed by atoms with Crippen molar-refractivity contribution in [2.24, 2.45) is 0 Å². The minimum atomic E-state index is -4.27. The maximum atomic E-state index is 12.6. The van der Waals surface area contributed by atoms with Crippen LogP contribution in [0.15, 0.2) is 12.1 Å². The van der Waals surface area contributed by atoms with Gasteiger partial charge in [-0.1, -0.05) is 18.5 Å². The van der Waals surface area contributed by atoms with Crippen LogP contribution in [0.2, 0.25) is 4.34 Å². The molecule has 1 heterocycles. The second-order valence-corrected chi connectivity index (χ2v) is 4.82. The van der Waals surface area contributed by atoms with E-state index in [0.29, 0.717) is 17.3 Å². The summed E-state index contributed by atoms with van der Waals surface area (Å²) < 4.78 is 38.3. The van der Waals surface area contributed by atoms with Crippen LogP contribution in [0.4, 0.5) is 13.2 Å². The highest BCUT2D eigenvalue weighted by molar-refractivity contribution is 7.16. The molecular weight excluding hydrogens is 247 g/mol. The first kappa shape index (κ1) is 12.8. The lowest BCUT2D eigenvalue weighted by atomic mass is 10.2. The predicted octanol–water partition coefficient (Wildman–Crippen LogP) is 4.00. The standard InChI is InChI=1S/C9H11ClF3NS/c1-2-5-14-8(9(11,12)13)6-3-4-7(10)15-6/h3-4,8,14H,2,5H2,1H3. The predicted molar refractivity (Wildman–Crippen MR) is 56.4 cm³/mol. The van der Waals surface area contributed by atoms with Crippen molar-refractivity contribution in [2.75, 3.05) is 6.54 Å². The first-order valence-electron chi connectivity index (χ1n) is 4.50. The monoisotopic (exact) mass is 257 g/mol. The van der Waals surface area contributed by atoms with E-state index < -0.39 is 12.2 Å². The van der Waals surface area contributed by atoms with Gasteiger partial charge in [-0.3, -0.25) is 0 Å². The highest BCUT2D eigenvalue weighted by Crippen LogP contribution is 2.37. The summed E-state index contributed by atoms with van der Waals surface area (Å²) in [5.41, 5.74) is 0. The second kappa shape index (κ2) is 5.18. The van der Waals surface area contributed by atoms with Crippen molar-refractivity contribution in [3.05, 3.63) is 21.3 Å². The third-order valence-electron chi connectivity index (χ3n) is 1.80. The molecule has 0 aliphatic carbocycles. The smallest absolute Gasteiger partial charge is 0.302 e. The summed E-state index contributed by atoms with van der Waals surface area (Å²) in [5, 5.41) is 2.47. The number of nitrogens with one attached hydrogen (secondary N) is 1. The van der Waals surface area contributed by atoms with Gasteiger partial charge in [0, 0.05) is 4.88 Å². The molecule has 0 amide bonds. The second-order valence-electron chi connectivity index (χ2n) is 3.07. The lowest BCUT2D eigenvalue weighted by Gasteiger charge is -2.20. The SMILES string of the molecule is CCCNC(c1ccc(Cl)s1)C(F)(F)F. The largest absolute Gasteiger partial charge is 0.408 e. The van der Waals surface area contributed by atoms with E-state index in [9.17, 15) is 13.2 Å². The Morgan fingerprint density at radius 1 is 1.47 bits per heavy atom. The molecule has 86 valence electrons. The molecule has 0 fully saturated rings. The van der Waals surface area contributed by atoms with E-state index >= 15 is 0 Å². The molecule has 0 saturated heterocycles. The molecule has 1 unspecified atom stereocenters. The van der Waals surface area contributed by atoms with Crippen LogP contribution in [0.1, 0.15) is 24.3 Å². The average molecular weight is 258 g/mol. The molecule has 1 N–H and O–H groups in total. The Kier molecular flexibility index (Phi) is 4.43. The maximum Gasteiger partial charge on any atom is 0.408 e. The molecule has 15 heavy (non-hydrogen) atoms. The van der Waals surface area contributed by atoms with Gasteiger partial charge in [0.05, 0.1) is 4.34 Å². The molecule has 1 atom stereocenters. The molecule has 0 aliphatic heterocycles. The van der Waals surface area contributed by atoms with Crippen LogP contribution in [0.5, 0.6) is 0 Å². The number of hydrogen-bond acceptors (Lipinski definition) is 2. The molecule has 1 aromatic heterocycles. The highest BCUT2D eigenvalue weighted by atomic mass is 35.5. The molecule has 0 radical (unpaired) electrons. The Labute approximate surface area is 95.2 Å². The van der Waals surface area contributed by atoms with E-state index in [1.165, 1.54) is 12.1 Å². The molecule has 0 aromatic carbocycles. The Morgan fingerprint density at radius 3 is 2.53 bits per heavy atom. The summed E-state index contributed by atoms with van der Waals surface area (Å²) in [6.45, 7) is 2.15. The van der Waals surface area contributed by atoms with E-state index in [0.717, 1.165) is 11.3 Å². The fourth-order valence-corrected chi connectivity index (χ4v) is 2.31. The molecular formula is C9H11ClF3NS. The Morgan fingerprint density at radius 2 is 2.13 bits per heavy atom. The van der Waals surface area contributed by atoms with Gasteiger partial charge in [0.25, 0.3) is 0 Å². The third kappa shape index (κ3) is 3.66. The molecule has 1 rings (SSSR count). The van der Waals surface area contributed by atoms with Crippen molar-refractivity contribution in [3.8, 4) is 0 Å². The van der Waals surface area contributed by atoms with Crippen molar-refractivity contribution < 1.29 is 13.2 Å². The average Bonchev–Trinajstić information content (AvgIpc) is 2.50. The number of hydrogen-bond donors (Lipinski definition) is 1. The van der Waals surface area contributed by atoms with Gasteiger partial charge in [0.2, 0.25) is 0 Å². The summed E-state index contributed by atoms with van der Waals surface area (Å²) in [6.07, 6.45) is -3.62. The van der Waals surface area contributed by atoms with E-state index in [4.69, 9.17) is 11.6 Å². The van der Waals surface area contributed by atoms with E-state index in [-0.39, 0.29) is 4.88 Å². The van der Waals surface area contributed by atoms with Crippen LogP contribution in [-0.2, 0) is 0 Å². The lowest BCUT2D eigenvalue weighted by Crippen LogP contribution is -2.33. The van der Waals surface area contributed by atoms with Crippen LogP contribution in [0, 0.1) is 0 Å². The van der Waals surface area contributed by atoms with Gasteiger partial charge in [0.15, 0.2) is 0 Å². The van der Waals surface area contributed by atoms with Gasteiger partial charge in [-0.2, -0.15) is 13.2 Å². The van der Waals surface area contributed by atoms with Crippen LogP contribution >= 0.6 is 22.9 Å². The number of thiophene rings is 1. The Bertz CT molecular complexity index is 311. The number of rotatable bonds is 4. The van der Waals surface area contributed by atoms with Crippen molar-refractivity contribution in [1.29, 1.82) is 0 Å². The van der Waals surface area contributed by atoms with Gasteiger partial charge < -0.3 is 5.32 Å². The molecule has 1 nitrogen and oxygen atoms in total. The normalized spacial score (nSPS) is 14.2. The first-order chi connectivity index (χ1) is 6.95. The Balaban J connectivity index is 2.81. The number of alkyl halides is 3. The lowest BCUT2D eigenvalue weighted by molar-refractivity contribution is -0.156. The molecule has 6 heteroatoms. The van der Waals surface area contributed by atoms with Crippen molar-refractivity contribution in [1.82, 2.24) is 5.32 Å². The molecule has 0 aliphatic rings. The maximum absolute atomic E-state index is 12.6. The van der Waals surface area contributed by atoms with E-state index in [1.54, 1.807) is 0 Å². The zero-order chi connectivity index (χ0) is 11.5. The van der Waals surface area contributed by atoms with Gasteiger partial charge in [-0.25, -0.2) is 0 Å². The summed E-state index contributed by atoms with van der Waals surface area (Å²) in [4.78, 5) is 0.209. The summed E-state index contributed by atoms with van der Waals surface area (Å²) in [6, 6.07) is 1.29. The van der Waals surface area contributed by atoms with Crippen molar-refractivity contribution >= 4 is 22.9 Å². The molecule has 0 spiro atoms. The highest BCUT2D eigenvalue weighted by Gasteiger charge is 2.41. The van der Waals surface area contributed by atoms with Gasteiger partial charge >= 0.3 is 6.18 Å². The summed E-state index contributed by atoms with van der Waals surface area (Å²) in [7, 11) is 0. The third-order valence-corrected chi connectivity index (χ3v) is 3.10. The van der Waals surface area contributed by atoms with E-state index in [2.05, 4.69) is 5.32 Å². The summed E-state index contributed by atoms with van der Waals surface area (Å²) in [5.74, 6) is 0. The van der Waals surface area contributed by atoms with Crippen LogP contribution in [-0.4, -0.2) is 12.7 Å². The zero-order valence-corrected chi connectivity index (χ0v) is 9.64. The minimum absolute atomic E-state index is 0.209. The number of halogens is 4. The van der Waals surface area contributed by atoms with Crippen LogP contribution < -0.4 is 5.32 Å². The quantitative estimate of drug-likeness (QED) is 0.860. The molecule has 0 saturated carbocycles. The summed E-state index contributed by atoms with van der Waals surface area (Å²) >= 11 is 6.57. The fourth-order valence-electron chi connectivity index (χ4n) is 1.15. The Hall–Kier alpha value is -0.260. The van der Waals surface area contributed by atoms with E-state index in [1.807, 2.05) is 6.92 Å². The fraction of sp³-hybridized carbons (Fsp3) is 0.556. The molecule has 1 aromatic rings. The zero-order valence-electron chi connectivity index (χ0n) is 8.07. The van der Waals surface area contributed by atoms with Gasteiger partial charge in [-0.15, -0.1) is 11.3 Å².